The van der Waals surface area contributed by atoms with Gasteiger partial charge in [0.1, 0.15) is 17.6 Å². The zero-order valence-electron chi connectivity index (χ0n) is 23.4. The van der Waals surface area contributed by atoms with E-state index in [9.17, 15) is 23.9 Å². The number of carbonyl (C=O) groups excluding carboxylic acids is 2. The molecule has 0 spiro atoms. The largest absolute Gasteiger partial charge is 0.477 e. The van der Waals surface area contributed by atoms with E-state index in [2.05, 4.69) is 10.3 Å². The molecule has 4 rings (SSSR count). The minimum Gasteiger partial charge on any atom is -0.477 e. The highest BCUT2D eigenvalue weighted by atomic mass is 35.5. The average Bonchev–Trinajstić information content (AvgIpc) is 3.31. The van der Waals surface area contributed by atoms with Crippen molar-refractivity contribution < 1.29 is 23.9 Å². The molecule has 0 bridgehead atoms. The third-order valence-corrected chi connectivity index (χ3v) is 8.04. The molecule has 0 aliphatic carbocycles. The van der Waals surface area contributed by atoms with Crippen LogP contribution in [0.4, 0.5) is 4.39 Å². The van der Waals surface area contributed by atoms with Crippen molar-refractivity contribution in [3.05, 3.63) is 70.1 Å². The normalized spacial score (nSPS) is 19.0. The molecule has 1 saturated heterocycles. The van der Waals surface area contributed by atoms with Crippen LogP contribution in [-0.4, -0.2) is 39.3 Å². The quantitative estimate of drug-likeness (QED) is 0.295. The number of carboxylic acids is 1. The predicted octanol–water partition coefficient (Wildman–Crippen LogP) is 7.54. The summed E-state index contributed by atoms with van der Waals surface area (Å²) in [6.07, 6.45) is 11.7. The molecule has 2 amide bonds. The highest BCUT2D eigenvalue weighted by molar-refractivity contribution is 6.31. The number of nitrogens with zero attached hydrogens (tertiary/aromatic N) is 1. The molecule has 3 N–H and O–H groups in total. The summed E-state index contributed by atoms with van der Waals surface area (Å²) in [5, 5.41) is 14.1. The SMILES string of the molecule is O=C(O)c1[nH]c2cc(Cl)ccc2c1C1C(=O)NCCCCCCCCCCCCCC(=O)N1Cc1ccc(F)cc1. The molecule has 1 atom stereocenters. The summed E-state index contributed by atoms with van der Waals surface area (Å²) in [6.45, 7) is 0.445. The Bertz CT molecular complexity index is 1340. The second-order valence-corrected chi connectivity index (χ2v) is 11.3. The highest BCUT2D eigenvalue weighted by Gasteiger charge is 2.36. The molecule has 41 heavy (non-hydrogen) atoms. The maximum Gasteiger partial charge on any atom is 0.352 e. The lowest BCUT2D eigenvalue weighted by atomic mass is 9.98. The topological polar surface area (TPSA) is 102 Å². The van der Waals surface area contributed by atoms with Gasteiger partial charge in [-0.2, -0.15) is 0 Å². The van der Waals surface area contributed by atoms with Gasteiger partial charge in [-0.1, -0.05) is 87.6 Å². The Kier molecular flexibility index (Phi) is 11.2. The first-order chi connectivity index (χ1) is 19.8. The molecule has 1 fully saturated rings. The first-order valence-corrected chi connectivity index (χ1v) is 15.1. The maximum atomic E-state index is 14.0. The first kappa shape index (κ1) is 30.6. The van der Waals surface area contributed by atoms with Crippen LogP contribution < -0.4 is 5.32 Å². The van der Waals surface area contributed by atoms with Crippen LogP contribution in [-0.2, 0) is 16.1 Å². The van der Waals surface area contributed by atoms with Gasteiger partial charge >= 0.3 is 5.97 Å². The molecule has 3 aromatic rings. The van der Waals surface area contributed by atoms with Crippen LogP contribution in [0, 0.1) is 5.82 Å². The Morgan fingerprint density at radius 3 is 2.15 bits per heavy atom. The molecule has 1 aliphatic heterocycles. The number of rotatable bonds is 4. The second kappa shape index (κ2) is 15.0. The Balaban J connectivity index is 1.77. The van der Waals surface area contributed by atoms with Crippen molar-refractivity contribution >= 4 is 40.3 Å². The zero-order valence-corrected chi connectivity index (χ0v) is 24.1. The van der Waals surface area contributed by atoms with Crippen LogP contribution in [0.1, 0.15) is 105 Å². The molecule has 220 valence electrons. The number of hydrogen-bond donors (Lipinski definition) is 3. The van der Waals surface area contributed by atoms with Crippen molar-refractivity contribution in [2.75, 3.05) is 6.54 Å². The van der Waals surface area contributed by atoms with Crippen LogP contribution >= 0.6 is 11.6 Å². The molecular formula is C32H39ClFN3O4. The lowest BCUT2D eigenvalue weighted by Crippen LogP contribution is -2.44. The number of amides is 2. The first-order valence-electron chi connectivity index (χ1n) is 14.7. The molecule has 2 heterocycles. The Morgan fingerprint density at radius 2 is 1.51 bits per heavy atom. The molecule has 9 heteroatoms. The molecule has 1 unspecified atom stereocenters. The highest BCUT2D eigenvalue weighted by Crippen LogP contribution is 2.35. The van der Waals surface area contributed by atoms with Crippen LogP contribution in [0.2, 0.25) is 5.02 Å². The van der Waals surface area contributed by atoms with Crippen molar-refractivity contribution in [2.24, 2.45) is 0 Å². The molecule has 7 nitrogen and oxygen atoms in total. The molecule has 1 aromatic heterocycles. The van der Waals surface area contributed by atoms with Crippen molar-refractivity contribution in [1.29, 1.82) is 0 Å². The van der Waals surface area contributed by atoms with Gasteiger partial charge in [-0.3, -0.25) is 9.59 Å². The number of halogens is 2. The number of H-pyrrole nitrogens is 1. The summed E-state index contributed by atoms with van der Waals surface area (Å²) >= 11 is 6.20. The average molecular weight is 584 g/mol. The van der Waals surface area contributed by atoms with Crippen LogP contribution in [0.15, 0.2) is 42.5 Å². The fourth-order valence-corrected chi connectivity index (χ4v) is 5.80. The van der Waals surface area contributed by atoms with Crippen LogP contribution in [0.3, 0.4) is 0 Å². The number of fused-ring (bicyclic) bond motifs is 1. The smallest absolute Gasteiger partial charge is 0.352 e. The number of aromatic amines is 1. The monoisotopic (exact) mass is 583 g/mol. The second-order valence-electron chi connectivity index (χ2n) is 10.9. The number of carbonyl (C=O) groups is 3. The van der Waals surface area contributed by atoms with Crippen molar-refractivity contribution in [1.82, 2.24) is 15.2 Å². The van der Waals surface area contributed by atoms with E-state index >= 15 is 0 Å². The number of carboxylic acid groups (broad SMARTS) is 1. The third kappa shape index (κ3) is 8.32. The van der Waals surface area contributed by atoms with E-state index in [4.69, 9.17) is 11.6 Å². The Labute approximate surface area is 245 Å². The number of hydrogen-bond acceptors (Lipinski definition) is 3. The van der Waals surface area contributed by atoms with Gasteiger partial charge < -0.3 is 20.3 Å². The van der Waals surface area contributed by atoms with Gasteiger partial charge in [0.25, 0.3) is 0 Å². The molecule has 1 aliphatic rings. The van der Waals surface area contributed by atoms with Crippen molar-refractivity contribution in [2.45, 2.75) is 89.6 Å². The maximum absolute atomic E-state index is 14.0. The van der Waals surface area contributed by atoms with Crippen molar-refractivity contribution in [3.63, 3.8) is 0 Å². The lowest BCUT2D eigenvalue weighted by Gasteiger charge is -2.32. The van der Waals surface area contributed by atoms with E-state index in [1.165, 1.54) is 42.7 Å². The van der Waals surface area contributed by atoms with Gasteiger partial charge in [0.15, 0.2) is 0 Å². The van der Waals surface area contributed by atoms with Gasteiger partial charge in [-0.25, -0.2) is 9.18 Å². The van der Waals surface area contributed by atoms with Crippen LogP contribution in [0.25, 0.3) is 10.9 Å². The van der Waals surface area contributed by atoms with Gasteiger partial charge in [0.05, 0.1) is 0 Å². The fraction of sp³-hybridized carbons (Fsp3) is 0.469. The predicted molar refractivity (Wildman–Crippen MR) is 158 cm³/mol. The van der Waals surface area contributed by atoms with Gasteiger partial charge in [0, 0.05) is 41.0 Å². The fourth-order valence-electron chi connectivity index (χ4n) is 5.63. The van der Waals surface area contributed by atoms with Crippen LogP contribution in [0.5, 0.6) is 0 Å². The summed E-state index contributed by atoms with van der Waals surface area (Å²) in [6, 6.07) is 9.49. The Hall–Kier alpha value is -3.39. The zero-order chi connectivity index (χ0) is 29.2. The minimum atomic E-state index is -1.24. The van der Waals surface area contributed by atoms with E-state index in [0.717, 1.165) is 38.5 Å². The van der Waals surface area contributed by atoms with Gasteiger partial charge in [-0.05, 0) is 42.7 Å². The summed E-state index contributed by atoms with van der Waals surface area (Å²) in [5.41, 5.74) is 1.15. The summed E-state index contributed by atoms with van der Waals surface area (Å²) < 4.78 is 13.7. The number of aromatic carboxylic acids is 1. The Morgan fingerprint density at radius 1 is 0.902 bits per heavy atom. The van der Waals surface area contributed by atoms with Gasteiger partial charge in [0.2, 0.25) is 11.8 Å². The molecular weight excluding hydrogens is 545 g/mol. The molecule has 0 radical (unpaired) electrons. The molecule has 0 saturated carbocycles. The summed E-state index contributed by atoms with van der Waals surface area (Å²) in [7, 11) is 0. The summed E-state index contributed by atoms with van der Waals surface area (Å²) in [5.74, 6) is -2.35. The minimum absolute atomic E-state index is 0.0243. The lowest BCUT2D eigenvalue weighted by molar-refractivity contribution is -0.141. The van der Waals surface area contributed by atoms with E-state index in [-0.39, 0.29) is 30.1 Å². The standard InChI is InChI=1S/C32H39ClFN3O4/c33-23-15-18-25-26(20-23)36-29(32(40)41)28(25)30-31(39)35-19-11-9-7-5-3-1-2-4-6-8-10-12-27(38)37(30)21-22-13-16-24(34)17-14-22/h13-18,20,30,36H,1-12,19,21H2,(H,35,39)(H,40,41). The summed E-state index contributed by atoms with van der Waals surface area (Å²) in [4.78, 5) is 44.7. The van der Waals surface area contributed by atoms with Crippen molar-refractivity contribution in [3.8, 4) is 0 Å². The third-order valence-electron chi connectivity index (χ3n) is 7.80. The van der Waals surface area contributed by atoms with E-state index < -0.39 is 23.7 Å². The van der Waals surface area contributed by atoms with Gasteiger partial charge in [-0.15, -0.1) is 0 Å². The van der Waals surface area contributed by atoms with E-state index in [1.807, 2.05) is 0 Å². The number of benzene rings is 2. The number of nitrogens with one attached hydrogen (secondary N) is 2. The number of aromatic nitrogens is 1. The van der Waals surface area contributed by atoms with E-state index in [0.29, 0.717) is 34.5 Å². The molecule has 2 aromatic carbocycles. The van der Waals surface area contributed by atoms with E-state index in [1.54, 1.807) is 30.3 Å².